The van der Waals surface area contributed by atoms with Crippen molar-refractivity contribution in [2.75, 3.05) is 0 Å². The Balaban J connectivity index is 1.80. The van der Waals surface area contributed by atoms with Gasteiger partial charge in [0.1, 0.15) is 5.82 Å². The molecule has 0 aliphatic carbocycles. The maximum absolute atomic E-state index is 13.8. The lowest BCUT2D eigenvalue weighted by atomic mass is 10.0. The summed E-state index contributed by atoms with van der Waals surface area (Å²) in [6.45, 7) is 5.90. The van der Waals surface area contributed by atoms with Crippen molar-refractivity contribution in [3.63, 3.8) is 0 Å². The summed E-state index contributed by atoms with van der Waals surface area (Å²) in [5, 5.41) is 11.2. The number of H-pyrrole nitrogens is 1. The molecule has 0 aliphatic heterocycles. The fourth-order valence-corrected chi connectivity index (χ4v) is 2.58. The third kappa shape index (κ3) is 4.01. The van der Waals surface area contributed by atoms with E-state index in [0.717, 1.165) is 27.7 Å². The van der Waals surface area contributed by atoms with E-state index in [2.05, 4.69) is 33.3 Å². The van der Waals surface area contributed by atoms with Gasteiger partial charge in [-0.05, 0) is 49.1 Å². The van der Waals surface area contributed by atoms with Gasteiger partial charge in [-0.1, -0.05) is 24.3 Å². The largest absolute Gasteiger partial charge is 0.380 e. The van der Waals surface area contributed by atoms with Crippen LogP contribution in [0.1, 0.15) is 18.1 Å². The van der Waals surface area contributed by atoms with Crippen molar-refractivity contribution < 1.29 is 4.39 Å². The number of hydrogen-bond donors (Lipinski definition) is 2. The van der Waals surface area contributed by atoms with Crippen LogP contribution >= 0.6 is 0 Å². The van der Waals surface area contributed by atoms with Gasteiger partial charge in [-0.15, -0.1) is 0 Å². The topological polar surface area (TPSA) is 53.1 Å². The van der Waals surface area contributed by atoms with Gasteiger partial charge in [0.15, 0.2) is 0 Å². The number of hydrogen-bond acceptors (Lipinski definition) is 3. The van der Waals surface area contributed by atoms with E-state index < -0.39 is 0 Å². The van der Waals surface area contributed by atoms with Crippen LogP contribution in [0, 0.1) is 5.82 Å². The summed E-state index contributed by atoms with van der Waals surface area (Å²) in [5.74, 6) is -0.230. The van der Waals surface area contributed by atoms with E-state index >= 15 is 0 Å². The maximum atomic E-state index is 13.8. The summed E-state index contributed by atoms with van der Waals surface area (Å²) in [6, 6.07) is 12.8. The van der Waals surface area contributed by atoms with E-state index in [-0.39, 0.29) is 5.82 Å². The minimum atomic E-state index is -0.230. The molecular weight excluding hydrogens is 315 g/mol. The Morgan fingerprint density at radius 1 is 1.32 bits per heavy atom. The van der Waals surface area contributed by atoms with Crippen LogP contribution in [-0.2, 0) is 6.54 Å². The number of aromatic nitrogens is 2. The quantitative estimate of drug-likeness (QED) is 0.517. The lowest BCUT2D eigenvalue weighted by Crippen LogP contribution is -2.12. The molecule has 4 nitrogen and oxygen atoms in total. The van der Waals surface area contributed by atoms with E-state index in [1.807, 2.05) is 31.2 Å². The second-order valence-corrected chi connectivity index (χ2v) is 5.71. The van der Waals surface area contributed by atoms with Gasteiger partial charge in [-0.2, -0.15) is 5.10 Å². The summed E-state index contributed by atoms with van der Waals surface area (Å²) in [7, 11) is 0. The van der Waals surface area contributed by atoms with Crippen molar-refractivity contribution in [2.45, 2.75) is 13.5 Å². The second kappa shape index (κ2) is 7.57. The highest BCUT2D eigenvalue weighted by molar-refractivity contribution is 5.83. The molecule has 2 N–H and O–H groups in total. The fraction of sp³-hybridized carbons (Fsp3) is 0.100. The van der Waals surface area contributed by atoms with Crippen molar-refractivity contribution in [2.24, 2.45) is 4.99 Å². The van der Waals surface area contributed by atoms with Gasteiger partial charge in [0.05, 0.1) is 17.4 Å². The van der Waals surface area contributed by atoms with Crippen LogP contribution in [0.15, 0.2) is 71.6 Å². The van der Waals surface area contributed by atoms with E-state index in [4.69, 9.17) is 0 Å². The summed E-state index contributed by atoms with van der Waals surface area (Å²) >= 11 is 0. The summed E-state index contributed by atoms with van der Waals surface area (Å²) in [6.07, 6.45) is 5.39. The Hall–Kier alpha value is -3.21. The zero-order chi connectivity index (χ0) is 17.6. The zero-order valence-electron chi connectivity index (χ0n) is 14.0. The molecule has 1 heterocycles. The van der Waals surface area contributed by atoms with Gasteiger partial charge in [-0.25, -0.2) is 4.39 Å². The molecule has 0 spiro atoms. The van der Waals surface area contributed by atoms with E-state index in [9.17, 15) is 4.39 Å². The zero-order valence-corrected chi connectivity index (χ0v) is 14.0. The van der Waals surface area contributed by atoms with Gasteiger partial charge in [0, 0.05) is 23.7 Å². The number of halogens is 1. The van der Waals surface area contributed by atoms with Crippen LogP contribution < -0.4 is 5.32 Å². The van der Waals surface area contributed by atoms with Crippen molar-refractivity contribution in [1.29, 1.82) is 0 Å². The van der Waals surface area contributed by atoms with E-state index in [1.165, 1.54) is 6.07 Å². The fourth-order valence-electron chi connectivity index (χ4n) is 2.58. The smallest absolute Gasteiger partial charge is 0.128 e. The Kier molecular flexibility index (Phi) is 5.04. The molecule has 1 aromatic heterocycles. The van der Waals surface area contributed by atoms with Crippen LogP contribution in [0.5, 0.6) is 0 Å². The minimum Gasteiger partial charge on any atom is -0.380 e. The molecule has 0 aliphatic rings. The predicted octanol–water partition coefficient (Wildman–Crippen LogP) is 4.44. The normalized spacial score (nSPS) is 12.4. The maximum Gasteiger partial charge on any atom is 0.128 e. The summed E-state index contributed by atoms with van der Waals surface area (Å²) < 4.78 is 13.8. The first kappa shape index (κ1) is 16.6. The molecule has 2 aromatic carbocycles. The van der Waals surface area contributed by atoms with Crippen molar-refractivity contribution >= 4 is 23.2 Å². The molecule has 0 bridgehead atoms. The Morgan fingerprint density at radius 2 is 2.16 bits per heavy atom. The average Bonchev–Trinajstić information content (AvgIpc) is 3.08. The first-order chi connectivity index (χ1) is 12.2. The molecule has 0 amide bonds. The molecule has 3 aromatic rings. The van der Waals surface area contributed by atoms with Gasteiger partial charge >= 0.3 is 0 Å². The first-order valence-corrected chi connectivity index (χ1v) is 7.92. The van der Waals surface area contributed by atoms with Gasteiger partial charge in [-0.3, -0.25) is 10.1 Å². The molecule has 0 atom stereocenters. The lowest BCUT2D eigenvalue weighted by Gasteiger charge is -2.09. The first-order valence-electron chi connectivity index (χ1n) is 7.92. The molecule has 0 radical (unpaired) electrons. The summed E-state index contributed by atoms with van der Waals surface area (Å²) in [4.78, 5) is 3.83. The second-order valence-electron chi connectivity index (χ2n) is 5.71. The van der Waals surface area contributed by atoms with Gasteiger partial charge in [0.2, 0.25) is 0 Å². The number of nitrogens with zero attached hydrogens (tertiary/aromatic N) is 2. The van der Waals surface area contributed by atoms with Crippen LogP contribution in [-0.4, -0.2) is 16.9 Å². The Bertz CT molecular complexity index is 953. The molecular formula is C20H19FN4. The van der Waals surface area contributed by atoms with Gasteiger partial charge in [0.25, 0.3) is 0 Å². The van der Waals surface area contributed by atoms with Crippen LogP contribution in [0.25, 0.3) is 16.5 Å². The average molecular weight is 334 g/mol. The monoisotopic (exact) mass is 334 g/mol. The Labute approximate surface area is 145 Å². The molecule has 3 rings (SSSR count). The number of aliphatic imine (C=N–C) groups is 1. The van der Waals surface area contributed by atoms with E-state index in [1.54, 1.807) is 24.5 Å². The number of rotatable bonds is 6. The highest BCUT2D eigenvalue weighted by Gasteiger charge is 2.03. The lowest BCUT2D eigenvalue weighted by molar-refractivity contribution is 0.602. The minimum absolute atomic E-state index is 0.230. The molecule has 0 unspecified atom stereocenters. The number of aromatic amines is 1. The van der Waals surface area contributed by atoms with Crippen molar-refractivity contribution in [3.05, 3.63) is 83.6 Å². The van der Waals surface area contributed by atoms with Crippen molar-refractivity contribution in [3.8, 4) is 0 Å². The highest BCUT2D eigenvalue weighted by atomic mass is 19.1. The number of allylic oxidation sites excluding steroid dienone is 2. The standard InChI is InChI=1S/C20H19FN4/c1-14(15-7-8-20-17(10-15)12-24-25-20)9-18(13-22-2)23-11-16-5-3-4-6-19(16)21/h3-10,12-13,23H,2,11H2,1H3,(H,24,25)/b14-9+,18-13+. The number of fused-ring (bicyclic) bond motifs is 1. The molecule has 25 heavy (non-hydrogen) atoms. The van der Waals surface area contributed by atoms with Crippen molar-refractivity contribution in [1.82, 2.24) is 15.5 Å². The molecule has 126 valence electrons. The molecule has 0 fully saturated rings. The predicted molar refractivity (Wildman–Crippen MR) is 101 cm³/mol. The third-order valence-corrected chi connectivity index (χ3v) is 3.94. The van der Waals surface area contributed by atoms with E-state index in [0.29, 0.717) is 12.1 Å². The number of nitrogens with one attached hydrogen (secondary N) is 2. The molecule has 0 saturated carbocycles. The van der Waals surface area contributed by atoms with Crippen LogP contribution in [0.4, 0.5) is 4.39 Å². The number of benzene rings is 2. The third-order valence-electron chi connectivity index (χ3n) is 3.94. The Morgan fingerprint density at radius 3 is 2.96 bits per heavy atom. The highest BCUT2D eigenvalue weighted by Crippen LogP contribution is 2.20. The summed E-state index contributed by atoms with van der Waals surface area (Å²) in [5.41, 5.74) is 4.50. The van der Waals surface area contributed by atoms with Crippen LogP contribution in [0.3, 0.4) is 0 Å². The van der Waals surface area contributed by atoms with Crippen LogP contribution in [0.2, 0.25) is 0 Å². The van der Waals surface area contributed by atoms with Gasteiger partial charge < -0.3 is 5.32 Å². The SMILES string of the molecule is C=N/C=C(\C=C(/C)c1ccc2[nH]ncc2c1)NCc1ccccc1F. The molecule has 5 heteroatoms. The molecule has 0 saturated heterocycles.